The summed E-state index contributed by atoms with van der Waals surface area (Å²) in [5, 5.41) is 8.70. The molecular weight excluding hydrogens is 246 g/mol. The zero-order valence-corrected chi connectivity index (χ0v) is 11.4. The molecule has 4 rings (SSSR count). The zero-order chi connectivity index (χ0) is 12.1. The summed E-state index contributed by atoms with van der Waals surface area (Å²) in [6.45, 7) is 0. The SMILES string of the molecule is ClCc1nnc(CC2CC3CCC2C3)n1C1CC1. The van der Waals surface area contributed by atoms with E-state index in [1.54, 1.807) is 0 Å². The number of nitrogens with zero attached hydrogens (tertiary/aromatic N) is 3. The predicted octanol–water partition coefficient (Wildman–Crippen LogP) is 3.33. The second kappa shape index (κ2) is 4.22. The Kier molecular flexibility index (Phi) is 2.65. The first kappa shape index (κ1) is 11.3. The van der Waals surface area contributed by atoms with Gasteiger partial charge in [0.25, 0.3) is 0 Å². The van der Waals surface area contributed by atoms with Crippen LogP contribution >= 0.6 is 11.6 Å². The molecule has 3 saturated carbocycles. The fraction of sp³-hybridized carbons (Fsp3) is 0.857. The van der Waals surface area contributed by atoms with Gasteiger partial charge in [0.1, 0.15) is 11.6 Å². The molecule has 3 atom stereocenters. The Hall–Kier alpha value is -0.570. The Morgan fingerprint density at radius 3 is 2.50 bits per heavy atom. The Labute approximate surface area is 113 Å². The first-order valence-electron chi connectivity index (χ1n) is 7.33. The third-order valence-electron chi connectivity index (χ3n) is 5.20. The molecule has 0 aromatic carbocycles. The summed E-state index contributed by atoms with van der Waals surface area (Å²) in [4.78, 5) is 0. The summed E-state index contributed by atoms with van der Waals surface area (Å²) in [6.07, 6.45) is 9.54. The van der Waals surface area contributed by atoms with Crippen molar-refractivity contribution in [3.05, 3.63) is 11.6 Å². The number of hydrogen-bond acceptors (Lipinski definition) is 2. The molecule has 3 fully saturated rings. The standard InChI is InChI=1S/C14H20ClN3/c15-8-14-17-16-13(18(14)12-3-4-12)7-11-6-9-1-2-10(11)5-9/h9-12H,1-8H2. The summed E-state index contributed by atoms with van der Waals surface area (Å²) in [5.74, 6) is 5.56. The van der Waals surface area contributed by atoms with Gasteiger partial charge >= 0.3 is 0 Å². The maximum absolute atomic E-state index is 5.97. The molecule has 2 bridgehead atoms. The molecule has 1 heterocycles. The largest absolute Gasteiger partial charge is 0.311 e. The summed E-state index contributed by atoms with van der Waals surface area (Å²) in [5.41, 5.74) is 0. The minimum atomic E-state index is 0.500. The Bertz CT molecular complexity index is 452. The maximum Gasteiger partial charge on any atom is 0.148 e. The third kappa shape index (κ3) is 1.78. The highest BCUT2D eigenvalue weighted by atomic mass is 35.5. The van der Waals surface area contributed by atoms with Crippen molar-refractivity contribution in [2.24, 2.45) is 17.8 Å². The van der Waals surface area contributed by atoms with Crippen LogP contribution in [0.4, 0.5) is 0 Å². The van der Waals surface area contributed by atoms with Crippen LogP contribution in [0, 0.1) is 17.8 Å². The van der Waals surface area contributed by atoms with Gasteiger partial charge in [0.05, 0.1) is 5.88 Å². The van der Waals surface area contributed by atoms with E-state index in [0.717, 1.165) is 30.0 Å². The van der Waals surface area contributed by atoms with Gasteiger partial charge in [-0.15, -0.1) is 21.8 Å². The summed E-state index contributed by atoms with van der Waals surface area (Å²) < 4.78 is 2.35. The normalized spacial score (nSPS) is 34.4. The third-order valence-corrected chi connectivity index (χ3v) is 5.44. The molecular formula is C14H20ClN3. The van der Waals surface area contributed by atoms with Crippen molar-refractivity contribution < 1.29 is 0 Å². The zero-order valence-electron chi connectivity index (χ0n) is 10.7. The second-order valence-electron chi connectivity index (χ2n) is 6.41. The Morgan fingerprint density at radius 1 is 1.06 bits per heavy atom. The molecule has 0 spiro atoms. The van der Waals surface area contributed by atoms with E-state index in [4.69, 9.17) is 11.6 Å². The number of fused-ring (bicyclic) bond motifs is 2. The van der Waals surface area contributed by atoms with Gasteiger partial charge < -0.3 is 4.57 Å². The van der Waals surface area contributed by atoms with E-state index in [0.29, 0.717) is 11.9 Å². The van der Waals surface area contributed by atoms with Crippen LogP contribution in [0.1, 0.15) is 56.2 Å². The number of hydrogen-bond donors (Lipinski definition) is 0. The van der Waals surface area contributed by atoms with Gasteiger partial charge in [-0.05, 0) is 49.9 Å². The van der Waals surface area contributed by atoms with E-state index in [1.807, 2.05) is 0 Å². The van der Waals surface area contributed by atoms with Crippen molar-refractivity contribution >= 4 is 11.6 Å². The molecule has 98 valence electrons. The van der Waals surface area contributed by atoms with E-state index in [-0.39, 0.29) is 0 Å². The van der Waals surface area contributed by atoms with Gasteiger partial charge in [-0.1, -0.05) is 6.42 Å². The molecule has 0 aliphatic heterocycles. The molecule has 4 heteroatoms. The second-order valence-corrected chi connectivity index (χ2v) is 6.67. The van der Waals surface area contributed by atoms with Gasteiger partial charge in [0.15, 0.2) is 0 Å². The highest BCUT2D eigenvalue weighted by Gasteiger charge is 2.40. The van der Waals surface area contributed by atoms with E-state index in [1.165, 1.54) is 44.3 Å². The van der Waals surface area contributed by atoms with Crippen LogP contribution in [-0.4, -0.2) is 14.8 Å². The highest BCUT2D eigenvalue weighted by Crippen LogP contribution is 2.49. The fourth-order valence-corrected chi connectivity index (χ4v) is 4.39. The molecule has 0 N–H and O–H groups in total. The first-order valence-corrected chi connectivity index (χ1v) is 7.87. The quantitative estimate of drug-likeness (QED) is 0.782. The lowest BCUT2D eigenvalue weighted by molar-refractivity contribution is 0.323. The predicted molar refractivity (Wildman–Crippen MR) is 70.5 cm³/mol. The maximum atomic E-state index is 5.97. The fourth-order valence-electron chi connectivity index (χ4n) is 4.21. The molecule has 0 saturated heterocycles. The van der Waals surface area contributed by atoms with Crippen LogP contribution in [0.2, 0.25) is 0 Å². The van der Waals surface area contributed by atoms with Crippen LogP contribution < -0.4 is 0 Å². The summed E-state index contributed by atoms with van der Waals surface area (Å²) >= 11 is 5.97. The van der Waals surface area contributed by atoms with Gasteiger partial charge in [0.2, 0.25) is 0 Å². The Morgan fingerprint density at radius 2 is 1.89 bits per heavy atom. The van der Waals surface area contributed by atoms with Crippen LogP contribution in [0.15, 0.2) is 0 Å². The van der Waals surface area contributed by atoms with E-state index >= 15 is 0 Å². The molecule has 0 radical (unpaired) electrons. The molecule has 1 aromatic heterocycles. The van der Waals surface area contributed by atoms with E-state index < -0.39 is 0 Å². The number of alkyl halides is 1. The molecule has 3 unspecified atom stereocenters. The smallest absolute Gasteiger partial charge is 0.148 e. The van der Waals surface area contributed by atoms with Crippen molar-refractivity contribution in [1.82, 2.24) is 14.8 Å². The van der Waals surface area contributed by atoms with Crippen LogP contribution in [0.25, 0.3) is 0 Å². The lowest BCUT2D eigenvalue weighted by atomic mass is 9.86. The van der Waals surface area contributed by atoms with Crippen molar-refractivity contribution in [2.75, 3.05) is 0 Å². The van der Waals surface area contributed by atoms with Gasteiger partial charge in [-0.25, -0.2) is 0 Å². The van der Waals surface area contributed by atoms with Crippen LogP contribution in [0.5, 0.6) is 0 Å². The lowest BCUT2D eigenvalue weighted by Gasteiger charge is -2.21. The molecule has 0 amide bonds. The summed E-state index contributed by atoms with van der Waals surface area (Å²) in [7, 11) is 0. The first-order chi connectivity index (χ1) is 8.85. The molecule has 3 aliphatic rings. The highest BCUT2D eigenvalue weighted by molar-refractivity contribution is 6.16. The van der Waals surface area contributed by atoms with Crippen LogP contribution in [-0.2, 0) is 12.3 Å². The van der Waals surface area contributed by atoms with Gasteiger partial charge in [0, 0.05) is 12.5 Å². The van der Waals surface area contributed by atoms with Crippen molar-refractivity contribution in [3.8, 4) is 0 Å². The number of halogens is 1. The number of aromatic nitrogens is 3. The minimum absolute atomic E-state index is 0.500. The lowest BCUT2D eigenvalue weighted by Crippen LogP contribution is -2.16. The molecule has 18 heavy (non-hydrogen) atoms. The van der Waals surface area contributed by atoms with Crippen molar-refractivity contribution in [1.29, 1.82) is 0 Å². The van der Waals surface area contributed by atoms with Gasteiger partial charge in [-0.2, -0.15) is 0 Å². The summed E-state index contributed by atoms with van der Waals surface area (Å²) in [6, 6.07) is 0.655. The van der Waals surface area contributed by atoms with Crippen LogP contribution in [0.3, 0.4) is 0 Å². The topological polar surface area (TPSA) is 30.7 Å². The Balaban J connectivity index is 1.56. The molecule has 3 nitrogen and oxygen atoms in total. The molecule has 1 aromatic rings. The minimum Gasteiger partial charge on any atom is -0.311 e. The van der Waals surface area contributed by atoms with Crippen molar-refractivity contribution in [2.45, 2.75) is 56.9 Å². The monoisotopic (exact) mass is 265 g/mol. The number of rotatable bonds is 4. The van der Waals surface area contributed by atoms with Gasteiger partial charge in [-0.3, -0.25) is 0 Å². The average molecular weight is 266 g/mol. The average Bonchev–Trinajstić information content (AvgIpc) is 2.85. The van der Waals surface area contributed by atoms with Crippen molar-refractivity contribution in [3.63, 3.8) is 0 Å². The van der Waals surface area contributed by atoms with E-state index in [9.17, 15) is 0 Å². The van der Waals surface area contributed by atoms with E-state index in [2.05, 4.69) is 14.8 Å². The molecule has 3 aliphatic carbocycles.